The largest absolute Gasteiger partial charge is 0.396 e. The second kappa shape index (κ2) is 10.7. The molecule has 2 bridgehead atoms. The fourth-order valence-electron chi connectivity index (χ4n) is 6.83. The lowest BCUT2D eigenvalue weighted by molar-refractivity contribution is -0.149. The number of ether oxygens (including phenoxy) is 1. The van der Waals surface area contributed by atoms with Crippen LogP contribution in [0.15, 0.2) is 43.5 Å². The first kappa shape index (κ1) is 28.0. The summed E-state index contributed by atoms with van der Waals surface area (Å²) in [7, 11) is 1.71. The van der Waals surface area contributed by atoms with Crippen LogP contribution < -0.4 is 4.90 Å². The van der Waals surface area contributed by atoms with Gasteiger partial charge in [0, 0.05) is 39.0 Å². The van der Waals surface area contributed by atoms with Gasteiger partial charge in [-0.25, -0.2) is 0 Å². The fraction of sp³-hybridized carbons (Fsp3) is 0.567. The molecule has 4 rings (SSSR count). The lowest BCUT2D eigenvalue weighted by atomic mass is 9.66. The van der Waals surface area contributed by atoms with Gasteiger partial charge in [-0.1, -0.05) is 24.3 Å². The van der Waals surface area contributed by atoms with Gasteiger partial charge >= 0.3 is 0 Å². The van der Waals surface area contributed by atoms with Gasteiger partial charge in [0.15, 0.2) is 0 Å². The van der Waals surface area contributed by atoms with Crippen molar-refractivity contribution in [3.63, 3.8) is 0 Å². The summed E-state index contributed by atoms with van der Waals surface area (Å²) in [5, 5.41) is 9.40. The number of unbranched alkanes of at least 4 members (excludes halogenated alkanes) is 1. The Morgan fingerprint density at radius 2 is 1.87 bits per heavy atom. The summed E-state index contributed by atoms with van der Waals surface area (Å²) in [6, 6.07) is 5.09. The van der Waals surface area contributed by atoms with Gasteiger partial charge in [0.1, 0.15) is 11.6 Å². The van der Waals surface area contributed by atoms with Gasteiger partial charge in [0.05, 0.1) is 17.4 Å². The van der Waals surface area contributed by atoms with Gasteiger partial charge in [-0.15, -0.1) is 13.2 Å². The molecule has 0 aliphatic carbocycles. The topological polar surface area (TPSA) is 90.4 Å². The van der Waals surface area contributed by atoms with E-state index in [9.17, 15) is 19.5 Å². The number of aryl methyl sites for hydroxylation is 2. The number of fused-ring (bicyclic) bond motifs is 1. The van der Waals surface area contributed by atoms with Gasteiger partial charge in [-0.05, 0) is 63.6 Å². The van der Waals surface area contributed by atoms with E-state index in [0.29, 0.717) is 38.8 Å². The minimum atomic E-state index is -1.09. The summed E-state index contributed by atoms with van der Waals surface area (Å²) in [5.41, 5.74) is 0.820. The zero-order chi connectivity index (χ0) is 27.8. The number of benzene rings is 1. The Morgan fingerprint density at radius 3 is 2.53 bits per heavy atom. The predicted molar refractivity (Wildman–Crippen MR) is 147 cm³/mol. The van der Waals surface area contributed by atoms with Crippen molar-refractivity contribution in [2.45, 2.75) is 63.7 Å². The van der Waals surface area contributed by atoms with Crippen molar-refractivity contribution in [1.29, 1.82) is 0 Å². The van der Waals surface area contributed by atoms with Crippen LogP contribution in [0.1, 0.15) is 43.7 Å². The van der Waals surface area contributed by atoms with Crippen molar-refractivity contribution in [2.24, 2.45) is 11.8 Å². The highest BCUT2D eigenvalue weighted by molar-refractivity contribution is 6.05. The zero-order valence-electron chi connectivity index (χ0n) is 23.1. The van der Waals surface area contributed by atoms with Crippen LogP contribution in [-0.4, -0.2) is 83.2 Å². The van der Waals surface area contributed by atoms with E-state index in [1.807, 2.05) is 39.0 Å². The number of carbonyl (C=O) groups excluding carboxylic acids is 3. The number of rotatable bonds is 11. The molecule has 1 aromatic carbocycles. The average Bonchev–Trinajstić information content (AvgIpc) is 3.44. The minimum absolute atomic E-state index is 0.00230. The number of aliphatic hydroxyl groups is 1. The molecular weight excluding hydrogens is 482 g/mol. The van der Waals surface area contributed by atoms with E-state index in [2.05, 4.69) is 13.2 Å². The Hall–Kier alpha value is -2.97. The van der Waals surface area contributed by atoms with Gasteiger partial charge in [0.25, 0.3) is 5.91 Å². The second-order valence-electron chi connectivity index (χ2n) is 11.2. The van der Waals surface area contributed by atoms with Crippen LogP contribution in [0.25, 0.3) is 0 Å². The van der Waals surface area contributed by atoms with E-state index in [1.165, 1.54) is 0 Å². The van der Waals surface area contributed by atoms with E-state index in [-0.39, 0.29) is 30.9 Å². The highest BCUT2D eigenvalue weighted by Gasteiger charge is 2.78. The smallest absolute Gasteiger partial charge is 0.253 e. The van der Waals surface area contributed by atoms with E-state index < -0.39 is 29.1 Å². The number of likely N-dealkylation sites (tertiary alicyclic amines) is 1. The lowest BCUT2D eigenvalue weighted by Gasteiger charge is -2.37. The Bertz CT molecular complexity index is 1130. The minimum Gasteiger partial charge on any atom is -0.396 e. The molecule has 206 valence electrons. The number of amides is 3. The molecule has 0 aromatic heterocycles. The van der Waals surface area contributed by atoms with Crippen molar-refractivity contribution in [1.82, 2.24) is 9.80 Å². The molecule has 1 spiro atoms. The van der Waals surface area contributed by atoms with Crippen LogP contribution in [0.4, 0.5) is 5.69 Å². The maximum Gasteiger partial charge on any atom is 0.253 e. The van der Waals surface area contributed by atoms with E-state index >= 15 is 0 Å². The van der Waals surface area contributed by atoms with Crippen LogP contribution in [-0.2, 0) is 19.1 Å². The van der Waals surface area contributed by atoms with Gasteiger partial charge < -0.3 is 24.5 Å². The van der Waals surface area contributed by atoms with Crippen molar-refractivity contribution >= 4 is 23.4 Å². The summed E-state index contributed by atoms with van der Waals surface area (Å²) < 4.78 is 6.73. The van der Waals surface area contributed by atoms with Crippen LogP contribution >= 0.6 is 0 Å². The molecule has 1 N–H and O–H groups in total. The standard InChI is InChI=1S/C30H41N3O5/c1-7-15-31(6)26(35)23-24-27(36)33(17-9-10-18-34)25(30(24)14-13-29(23,5)38-30)28(37)32(16-8-2)22-19-20(3)11-12-21(22)4/h7-8,11-12,19,23-25,34H,1-2,9-10,13-18H2,3-6H3/t23-,24+,25?,29+,30?/m1/s1. The molecule has 1 aromatic rings. The molecule has 3 amide bonds. The summed E-state index contributed by atoms with van der Waals surface area (Å²) >= 11 is 0. The molecule has 0 saturated carbocycles. The fourth-order valence-corrected chi connectivity index (χ4v) is 6.83. The van der Waals surface area contributed by atoms with Gasteiger partial charge in [-0.2, -0.15) is 0 Å². The van der Waals surface area contributed by atoms with Gasteiger partial charge in [0.2, 0.25) is 11.8 Å². The maximum atomic E-state index is 14.6. The molecule has 3 saturated heterocycles. The monoisotopic (exact) mass is 523 g/mol. The SMILES string of the molecule is C=CCN(C)C(=O)[C@H]1[C@H]2C(=O)N(CCCCO)C(C(=O)N(CC=C)c3cc(C)ccc3C)C23CC[C@]1(C)O3. The number of hydrogen-bond donors (Lipinski definition) is 1. The third-order valence-electron chi connectivity index (χ3n) is 8.60. The molecule has 3 aliphatic heterocycles. The molecule has 3 fully saturated rings. The van der Waals surface area contributed by atoms with Crippen LogP contribution in [0.5, 0.6) is 0 Å². The Labute approximate surface area is 225 Å². The first-order valence-corrected chi connectivity index (χ1v) is 13.5. The number of carbonyl (C=O) groups is 3. The third-order valence-corrected chi connectivity index (χ3v) is 8.60. The van der Waals surface area contributed by atoms with E-state index in [0.717, 1.165) is 16.8 Å². The van der Waals surface area contributed by atoms with Crippen LogP contribution in [0, 0.1) is 25.7 Å². The number of anilines is 1. The number of aliphatic hydroxyl groups excluding tert-OH is 1. The molecule has 3 heterocycles. The number of hydrogen-bond acceptors (Lipinski definition) is 5. The molecule has 8 nitrogen and oxygen atoms in total. The van der Waals surface area contributed by atoms with Crippen molar-refractivity contribution in [3.8, 4) is 0 Å². The number of nitrogens with zero attached hydrogens (tertiary/aromatic N) is 3. The molecule has 8 heteroatoms. The quantitative estimate of drug-likeness (QED) is 0.356. The second-order valence-corrected chi connectivity index (χ2v) is 11.2. The molecular formula is C30H41N3O5. The van der Waals surface area contributed by atoms with E-state index in [1.54, 1.807) is 33.9 Å². The number of likely N-dealkylation sites (N-methyl/N-ethyl adjacent to an activating group) is 1. The normalized spacial score (nSPS) is 29.3. The average molecular weight is 524 g/mol. The molecule has 2 unspecified atom stereocenters. The Kier molecular flexibility index (Phi) is 7.86. The van der Waals surface area contributed by atoms with Crippen LogP contribution in [0.3, 0.4) is 0 Å². The summed E-state index contributed by atoms with van der Waals surface area (Å²) in [4.78, 5) is 47.3. The van der Waals surface area contributed by atoms with Crippen molar-refractivity contribution in [3.05, 3.63) is 54.6 Å². The third kappa shape index (κ3) is 4.37. The van der Waals surface area contributed by atoms with Crippen molar-refractivity contribution in [2.75, 3.05) is 38.2 Å². The summed E-state index contributed by atoms with van der Waals surface area (Å²) in [5.74, 6) is -2.02. The molecule has 38 heavy (non-hydrogen) atoms. The highest BCUT2D eigenvalue weighted by atomic mass is 16.5. The van der Waals surface area contributed by atoms with Gasteiger partial charge in [-0.3, -0.25) is 14.4 Å². The summed E-state index contributed by atoms with van der Waals surface area (Å²) in [6.45, 7) is 14.4. The first-order chi connectivity index (χ1) is 18.1. The molecule has 5 atom stereocenters. The molecule has 3 aliphatic rings. The molecule has 0 radical (unpaired) electrons. The highest BCUT2D eigenvalue weighted by Crippen LogP contribution is 2.63. The lowest BCUT2D eigenvalue weighted by Crippen LogP contribution is -2.56. The van der Waals surface area contributed by atoms with E-state index in [4.69, 9.17) is 4.74 Å². The van der Waals surface area contributed by atoms with Crippen LogP contribution in [0.2, 0.25) is 0 Å². The maximum absolute atomic E-state index is 14.6. The Balaban J connectivity index is 1.81. The Morgan fingerprint density at radius 1 is 1.16 bits per heavy atom. The predicted octanol–water partition coefficient (Wildman–Crippen LogP) is 3.00. The van der Waals surface area contributed by atoms with Crippen molar-refractivity contribution < 1.29 is 24.2 Å². The first-order valence-electron chi connectivity index (χ1n) is 13.5. The summed E-state index contributed by atoms with van der Waals surface area (Å²) in [6.07, 6.45) is 5.52. The zero-order valence-corrected chi connectivity index (χ0v) is 23.1.